The van der Waals surface area contributed by atoms with Crippen LogP contribution in [0.15, 0.2) is 0 Å². The van der Waals surface area contributed by atoms with E-state index in [1.165, 1.54) is 0 Å². The predicted octanol–water partition coefficient (Wildman–Crippen LogP) is 0.881. The van der Waals surface area contributed by atoms with Crippen molar-refractivity contribution in [2.75, 3.05) is 26.3 Å². The second kappa shape index (κ2) is 6.33. The van der Waals surface area contributed by atoms with Gasteiger partial charge in [-0.2, -0.15) is 0 Å². The molecule has 1 aliphatic rings. The number of carboxylic acids is 1. The lowest BCUT2D eigenvalue weighted by atomic mass is 9.98. The van der Waals surface area contributed by atoms with E-state index in [1.807, 2.05) is 20.8 Å². The highest BCUT2D eigenvalue weighted by atomic mass is 16.5. The fourth-order valence-electron chi connectivity index (χ4n) is 1.78. The van der Waals surface area contributed by atoms with Crippen LogP contribution in [0, 0.1) is 5.92 Å². The van der Waals surface area contributed by atoms with Gasteiger partial charge in [0, 0.05) is 13.1 Å². The van der Waals surface area contributed by atoms with E-state index in [0.717, 1.165) is 6.54 Å². The summed E-state index contributed by atoms with van der Waals surface area (Å²) in [6, 6.07) is 0. The molecule has 1 fully saturated rings. The summed E-state index contributed by atoms with van der Waals surface area (Å²) in [5, 5.41) is 12.0. The average molecular weight is 245 g/mol. The third-order valence-corrected chi connectivity index (χ3v) is 2.63. The Hall–Kier alpha value is -0.650. The zero-order chi connectivity index (χ0) is 12.9. The number of hydrogen-bond acceptors (Lipinski definition) is 4. The molecule has 1 heterocycles. The normalized spacial score (nSPS) is 25.8. The number of piperidine rings is 1. The lowest BCUT2D eigenvalue weighted by molar-refractivity contribution is -0.144. The van der Waals surface area contributed by atoms with E-state index >= 15 is 0 Å². The van der Waals surface area contributed by atoms with Gasteiger partial charge in [0.25, 0.3) is 0 Å². The van der Waals surface area contributed by atoms with Crippen LogP contribution in [0.25, 0.3) is 0 Å². The van der Waals surface area contributed by atoms with E-state index < -0.39 is 5.97 Å². The third-order valence-electron chi connectivity index (χ3n) is 2.63. The molecule has 0 bridgehead atoms. The van der Waals surface area contributed by atoms with Gasteiger partial charge in [-0.1, -0.05) is 0 Å². The second-order valence-corrected chi connectivity index (χ2v) is 5.38. The molecule has 2 unspecified atom stereocenters. The van der Waals surface area contributed by atoms with Crippen molar-refractivity contribution in [1.29, 1.82) is 0 Å². The molecule has 0 aromatic carbocycles. The highest BCUT2D eigenvalue weighted by molar-refractivity contribution is 5.70. The highest BCUT2D eigenvalue weighted by Crippen LogP contribution is 2.14. The zero-order valence-corrected chi connectivity index (χ0v) is 10.9. The predicted molar refractivity (Wildman–Crippen MR) is 64.1 cm³/mol. The average Bonchev–Trinajstić information content (AvgIpc) is 2.23. The first-order chi connectivity index (χ1) is 7.88. The lowest BCUT2D eigenvalue weighted by Crippen LogP contribution is -2.44. The Bertz CT molecular complexity index is 249. The molecule has 2 atom stereocenters. The summed E-state index contributed by atoms with van der Waals surface area (Å²) in [6.45, 7) is 8.29. The van der Waals surface area contributed by atoms with E-state index in [1.54, 1.807) is 0 Å². The van der Waals surface area contributed by atoms with Gasteiger partial charge in [0.2, 0.25) is 0 Å². The molecule has 0 radical (unpaired) electrons. The van der Waals surface area contributed by atoms with Crippen LogP contribution >= 0.6 is 0 Å². The van der Waals surface area contributed by atoms with Crippen molar-refractivity contribution in [2.45, 2.75) is 38.9 Å². The van der Waals surface area contributed by atoms with Crippen LogP contribution in [0.2, 0.25) is 0 Å². The van der Waals surface area contributed by atoms with Gasteiger partial charge in [-0.25, -0.2) is 0 Å². The largest absolute Gasteiger partial charge is 0.481 e. The van der Waals surface area contributed by atoms with Crippen LogP contribution < -0.4 is 5.32 Å². The molecule has 17 heavy (non-hydrogen) atoms. The molecule has 0 spiro atoms. The van der Waals surface area contributed by atoms with Crippen molar-refractivity contribution in [3.05, 3.63) is 0 Å². The standard InChI is InChI=1S/C12H23NO4/c1-12(2,3)17-5-4-16-10-6-9(11(14)15)7-13-8-10/h9-10,13H,4-8H2,1-3H3,(H,14,15). The molecule has 0 aliphatic carbocycles. The van der Waals surface area contributed by atoms with E-state index in [-0.39, 0.29) is 17.6 Å². The first-order valence-corrected chi connectivity index (χ1v) is 6.07. The van der Waals surface area contributed by atoms with Gasteiger partial charge in [-0.15, -0.1) is 0 Å². The van der Waals surface area contributed by atoms with Crippen LogP contribution in [0.1, 0.15) is 27.2 Å². The summed E-state index contributed by atoms with van der Waals surface area (Å²) in [6.07, 6.45) is 0.561. The molecular weight excluding hydrogens is 222 g/mol. The Balaban J connectivity index is 2.17. The molecule has 1 aliphatic heterocycles. The number of carboxylic acid groups (broad SMARTS) is 1. The molecular formula is C12H23NO4. The van der Waals surface area contributed by atoms with Crippen molar-refractivity contribution < 1.29 is 19.4 Å². The fourth-order valence-corrected chi connectivity index (χ4v) is 1.78. The van der Waals surface area contributed by atoms with Crippen LogP contribution in [0.3, 0.4) is 0 Å². The number of nitrogens with one attached hydrogen (secondary N) is 1. The van der Waals surface area contributed by atoms with Crippen LogP contribution in [0.4, 0.5) is 0 Å². The maximum absolute atomic E-state index is 10.8. The van der Waals surface area contributed by atoms with Gasteiger partial charge in [0.15, 0.2) is 0 Å². The first kappa shape index (κ1) is 14.4. The molecule has 0 aromatic heterocycles. The monoisotopic (exact) mass is 245 g/mol. The summed E-state index contributed by atoms with van der Waals surface area (Å²) in [5.74, 6) is -1.09. The van der Waals surface area contributed by atoms with E-state index in [0.29, 0.717) is 26.2 Å². The smallest absolute Gasteiger partial charge is 0.307 e. The first-order valence-electron chi connectivity index (χ1n) is 6.07. The molecule has 0 aromatic rings. The summed E-state index contributed by atoms with van der Waals surface area (Å²) in [4.78, 5) is 10.8. The van der Waals surface area contributed by atoms with Crippen LogP contribution in [-0.2, 0) is 14.3 Å². The Labute approximate surface area is 102 Å². The Morgan fingerprint density at radius 3 is 2.65 bits per heavy atom. The molecule has 1 rings (SSSR count). The second-order valence-electron chi connectivity index (χ2n) is 5.38. The van der Waals surface area contributed by atoms with Gasteiger partial charge in [0.1, 0.15) is 0 Å². The number of aliphatic carboxylic acids is 1. The Morgan fingerprint density at radius 1 is 1.35 bits per heavy atom. The van der Waals surface area contributed by atoms with Crippen LogP contribution in [0.5, 0.6) is 0 Å². The van der Waals surface area contributed by atoms with Gasteiger partial charge in [-0.05, 0) is 27.2 Å². The maximum Gasteiger partial charge on any atom is 0.307 e. The fraction of sp³-hybridized carbons (Fsp3) is 0.917. The van der Waals surface area contributed by atoms with E-state index in [4.69, 9.17) is 14.6 Å². The van der Waals surface area contributed by atoms with Crippen molar-refractivity contribution in [2.24, 2.45) is 5.92 Å². The molecule has 0 saturated carbocycles. The Kier molecular flexibility index (Phi) is 5.36. The van der Waals surface area contributed by atoms with Gasteiger partial charge in [0.05, 0.1) is 30.8 Å². The van der Waals surface area contributed by atoms with Gasteiger partial charge in [-0.3, -0.25) is 4.79 Å². The summed E-state index contributed by atoms with van der Waals surface area (Å²) < 4.78 is 11.1. The molecule has 0 amide bonds. The summed E-state index contributed by atoms with van der Waals surface area (Å²) in [7, 11) is 0. The third kappa shape index (κ3) is 6.00. The minimum atomic E-state index is -0.753. The van der Waals surface area contributed by atoms with E-state index in [2.05, 4.69) is 5.32 Å². The van der Waals surface area contributed by atoms with Gasteiger partial charge < -0.3 is 19.9 Å². The van der Waals surface area contributed by atoms with Crippen molar-refractivity contribution >= 4 is 5.97 Å². The number of hydrogen-bond donors (Lipinski definition) is 2. The summed E-state index contributed by atoms with van der Waals surface area (Å²) >= 11 is 0. The quantitative estimate of drug-likeness (QED) is 0.704. The van der Waals surface area contributed by atoms with Crippen molar-refractivity contribution in [1.82, 2.24) is 5.32 Å². The number of rotatable bonds is 5. The SMILES string of the molecule is CC(C)(C)OCCOC1CNCC(C(=O)O)C1. The van der Waals surface area contributed by atoms with E-state index in [9.17, 15) is 4.79 Å². The maximum atomic E-state index is 10.8. The number of ether oxygens (including phenoxy) is 2. The number of carbonyl (C=O) groups is 1. The topological polar surface area (TPSA) is 67.8 Å². The van der Waals surface area contributed by atoms with Gasteiger partial charge >= 0.3 is 5.97 Å². The highest BCUT2D eigenvalue weighted by Gasteiger charge is 2.27. The Morgan fingerprint density at radius 2 is 2.06 bits per heavy atom. The van der Waals surface area contributed by atoms with Crippen LogP contribution in [-0.4, -0.2) is 49.1 Å². The molecule has 100 valence electrons. The molecule has 2 N–H and O–H groups in total. The lowest BCUT2D eigenvalue weighted by Gasteiger charge is -2.28. The minimum absolute atomic E-state index is 0.0200. The summed E-state index contributed by atoms with van der Waals surface area (Å²) in [5.41, 5.74) is -0.155. The molecule has 5 heteroatoms. The van der Waals surface area contributed by atoms with Crippen molar-refractivity contribution in [3.63, 3.8) is 0 Å². The minimum Gasteiger partial charge on any atom is -0.481 e. The zero-order valence-electron chi connectivity index (χ0n) is 10.9. The molecule has 1 saturated heterocycles. The molecule has 5 nitrogen and oxygen atoms in total. The van der Waals surface area contributed by atoms with Crippen molar-refractivity contribution in [3.8, 4) is 0 Å².